The van der Waals surface area contributed by atoms with Crippen LogP contribution in [0.4, 0.5) is 4.39 Å². The van der Waals surface area contributed by atoms with Gasteiger partial charge in [-0.05, 0) is 87.3 Å². The molecule has 38 heavy (non-hydrogen) atoms. The van der Waals surface area contributed by atoms with Crippen LogP contribution in [0.15, 0.2) is 65.5 Å². The second kappa shape index (κ2) is 12.8. The monoisotopic (exact) mass is 521 g/mol. The lowest BCUT2D eigenvalue weighted by Gasteiger charge is -2.23. The van der Waals surface area contributed by atoms with Crippen LogP contribution in [0.5, 0.6) is 0 Å². The van der Waals surface area contributed by atoms with Gasteiger partial charge in [0, 0.05) is 13.1 Å². The number of carbonyl (C=O) groups excluding carboxylic acids is 1. The van der Waals surface area contributed by atoms with Crippen molar-refractivity contribution in [2.45, 2.75) is 51.9 Å². The van der Waals surface area contributed by atoms with Crippen LogP contribution in [0.1, 0.15) is 44.8 Å². The first-order valence-electron chi connectivity index (χ1n) is 13.2. The Hall–Kier alpha value is -3.49. The van der Waals surface area contributed by atoms with Crippen molar-refractivity contribution in [1.82, 2.24) is 14.5 Å². The van der Waals surface area contributed by atoms with Crippen LogP contribution in [0.2, 0.25) is 0 Å². The SMILES string of the molecule is CC(C)OC(=O)COC(CCN(C)CCCCn1c(=O)[nH]c2ccc(F)cc21)c1ccc2ccccc2c1. The molecule has 202 valence electrons. The van der Waals surface area contributed by atoms with E-state index < -0.39 is 0 Å². The second-order valence-electron chi connectivity index (χ2n) is 9.99. The number of imidazole rings is 1. The molecule has 1 unspecified atom stereocenters. The maximum atomic E-state index is 13.7. The quantitative estimate of drug-likeness (QED) is 0.187. The highest BCUT2D eigenvalue weighted by Gasteiger charge is 2.17. The Balaban J connectivity index is 1.32. The Bertz CT molecular complexity index is 1430. The maximum absolute atomic E-state index is 13.7. The first-order chi connectivity index (χ1) is 18.3. The van der Waals surface area contributed by atoms with Gasteiger partial charge in [0.15, 0.2) is 0 Å². The topological polar surface area (TPSA) is 76.6 Å². The van der Waals surface area contributed by atoms with Gasteiger partial charge in [-0.15, -0.1) is 0 Å². The van der Waals surface area contributed by atoms with Crippen molar-refractivity contribution in [2.24, 2.45) is 0 Å². The minimum Gasteiger partial charge on any atom is -0.461 e. The lowest BCUT2D eigenvalue weighted by atomic mass is 10.0. The molecule has 0 spiro atoms. The fourth-order valence-corrected chi connectivity index (χ4v) is 4.67. The molecule has 4 rings (SSSR count). The van der Waals surface area contributed by atoms with Crippen LogP contribution in [-0.4, -0.2) is 53.3 Å². The van der Waals surface area contributed by atoms with Gasteiger partial charge in [-0.1, -0.05) is 36.4 Å². The summed E-state index contributed by atoms with van der Waals surface area (Å²) in [6.07, 6.45) is 1.95. The largest absolute Gasteiger partial charge is 0.461 e. The van der Waals surface area contributed by atoms with Crippen LogP contribution < -0.4 is 5.69 Å². The van der Waals surface area contributed by atoms with E-state index in [-0.39, 0.29) is 36.3 Å². The average molecular weight is 522 g/mol. The van der Waals surface area contributed by atoms with E-state index in [0.29, 0.717) is 24.0 Å². The Morgan fingerprint density at radius 2 is 1.82 bits per heavy atom. The van der Waals surface area contributed by atoms with Crippen LogP contribution in [0.25, 0.3) is 21.8 Å². The molecule has 0 aliphatic rings. The number of H-pyrrole nitrogens is 1. The van der Waals surface area contributed by atoms with E-state index in [2.05, 4.69) is 47.3 Å². The number of esters is 1. The Labute approximate surface area is 222 Å². The standard InChI is InChI=1S/C30H36FN3O4/c1-21(2)38-29(35)20-37-28(24-11-10-22-8-4-5-9-23(22)18-24)14-17-33(3)15-6-7-16-34-27-19-25(31)12-13-26(27)32-30(34)36/h4-5,8-13,18-19,21,28H,6-7,14-17,20H2,1-3H3,(H,32,36). The molecular weight excluding hydrogens is 485 g/mol. The number of nitrogens with zero attached hydrogens (tertiary/aromatic N) is 2. The third kappa shape index (κ3) is 7.30. The number of carbonyl (C=O) groups is 1. The summed E-state index contributed by atoms with van der Waals surface area (Å²) >= 11 is 0. The van der Waals surface area contributed by atoms with Gasteiger partial charge in [0.1, 0.15) is 12.4 Å². The second-order valence-corrected chi connectivity index (χ2v) is 9.99. The van der Waals surface area contributed by atoms with E-state index in [1.54, 1.807) is 10.6 Å². The normalized spacial score (nSPS) is 12.6. The first-order valence-corrected chi connectivity index (χ1v) is 13.2. The number of ether oxygens (including phenoxy) is 2. The molecule has 1 aromatic heterocycles. The molecule has 0 radical (unpaired) electrons. The molecule has 1 atom stereocenters. The maximum Gasteiger partial charge on any atom is 0.332 e. The third-order valence-corrected chi connectivity index (χ3v) is 6.60. The molecule has 1 N–H and O–H groups in total. The van der Waals surface area contributed by atoms with E-state index in [1.165, 1.54) is 12.1 Å². The molecule has 8 heteroatoms. The minimum atomic E-state index is -0.369. The summed E-state index contributed by atoms with van der Waals surface area (Å²) in [5, 5.41) is 2.28. The lowest BCUT2D eigenvalue weighted by molar-refractivity contribution is -0.155. The lowest BCUT2D eigenvalue weighted by Crippen LogP contribution is -2.25. The van der Waals surface area contributed by atoms with Crippen molar-refractivity contribution in [3.8, 4) is 0 Å². The van der Waals surface area contributed by atoms with Gasteiger partial charge < -0.3 is 19.4 Å². The Morgan fingerprint density at radius 3 is 2.61 bits per heavy atom. The van der Waals surface area contributed by atoms with Gasteiger partial charge in [-0.3, -0.25) is 4.57 Å². The summed E-state index contributed by atoms with van der Waals surface area (Å²) < 4.78 is 26.6. The fourth-order valence-electron chi connectivity index (χ4n) is 4.67. The summed E-state index contributed by atoms with van der Waals surface area (Å²) in [6.45, 7) is 5.68. The van der Waals surface area contributed by atoms with Crippen molar-refractivity contribution in [2.75, 3.05) is 26.7 Å². The van der Waals surface area contributed by atoms with Crippen molar-refractivity contribution in [3.63, 3.8) is 0 Å². The molecule has 4 aromatic rings. The molecule has 1 heterocycles. The molecule has 0 aliphatic carbocycles. The predicted octanol–water partition coefficient (Wildman–Crippen LogP) is 5.43. The number of rotatable bonds is 13. The van der Waals surface area contributed by atoms with E-state index in [4.69, 9.17) is 9.47 Å². The highest BCUT2D eigenvalue weighted by atomic mass is 19.1. The number of benzene rings is 3. The molecule has 0 bridgehead atoms. The van der Waals surface area contributed by atoms with Gasteiger partial charge in [-0.25, -0.2) is 14.0 Å². The average Bonchev–Trinajstić information content (AvgIpc) is 3.20. The number of nitrogens with one attached hydrogen (secondary N) is 1. The number of aromatic amines is 1. The Morgan fingerprint density at radius 1 is 1.03 bits per heavy atom. The molecule has 0 amide bonds. The van der Waals surface area contributed by atoms with E-state index in [0.717, 1.165) is 42.3 Å². The predicted molar refractivity (Wildman–Crippen MR) is 148 cm³/mol. The minimum absolute atomic E-state index is 0.0979. The summed E-state index contributed by atoms with van der Waals surface area (Å²) in [7, 11) is 2.05. The van der Waals surface area contributed by atoms with Crippen molar-refractivity contribution >= 4 is 27.8 Å². The third-order valence-electron chi connectivity index (χ3n) is 6.60. The van der Waals surface area contributed by atoms with Gasteiger partial charge in [0.2, 0.25) is 0 Å². The number of fused-ring (bicyclic) bond motifs is 2. The number of unbranched alkanes of at least 4 members (excludes halogenated alkanes) is 1. The first kappa shape index (κ1) is 27.5. The number of halogens is 1. The van der Waals surface area contributed by atoms with E-state index in [1.807, 2.05) is 26.0 Å². The highest BCUT2D eigenvalue weighted by Crippen LogP contribution is 2.26. The molecule has 3 aromatic carbocycles. The van der Waals surface area contributed by atoms with Crippen LogP contribution >= 0.6 is 0 Å². The number of hydrogen-bond donors (Lipinski definition) is 1. The van der Waals surface area contributed by atoms with Gasteiger partial charge in [0.05, 0.1) is 23.2 Å². The van der Waals surface area contributed by atoms with Gasteiger partial charge >= 0.3 is 11.7 Å². The van der Waals surface area contributed by atoms with Crippen LogP contribution in [0.3, 0.4) is 0 Å². The fraction of sp³-hybridized carbons (Fsp3) is 0.400. The molecule has 0 saturated carbocycles. The van der Waals surface area contributed by atoms with E-state index >= 15 is 0 Å². The summed E-state index contributed by atoms with van der Waals surface area (Å²) in [6, 6.07) is 18.8. The number of aryl methyl sites for hydroxylation is 1. The highest BCUT2D eigenvalue weighted by molar-refractivity contribution is 5.83. The Kier molecular flexibility index (Phi) is 9.31. The summed E-state index contributed by atoms with van der Waals surface area (Å²) in [4.78, 5) is 29.4. The zero-order valence-electron chi connectivity index (χ0n) is 22.3. The van der Waals surface area contributed by atoms with E-state index in [9.17, 15) is 14.0 Å². The smallest absolute Gasteiger partial charge is 0.332 e. The molecule has 0 saturated heterocycles. The van der Waals surface area contributed by atoms with Crippen LogP contribution in [0, 0.1) is 5.82 Å². The molecule has 7 nitrogen and oxygen atoms in total. The summed E-state index contributed by atoms with van der Waals surface area (Å²) in [5.41, 5.74) is 2.05. The van der Waals surface area contributed by atoms with Crippen molar-refractivity contribution in [1.29, 1.82) is 0 Å². The van der Waals surface area contributed by atoms with Crippen LogP contribution in [-0.2, 0) is 20.8 Å². The van der Waals surface area contributed by atoms with Crippen molar-refractivity contribution < 1.29 is 18.7 Å². The summed E-state index contributed by atoms with van der Waals surface area (Å²) in [5.74, 6) is -0.725. The zero-order valence-corrected chi connectivity index (χ0v) is 22.3. The zero-order chi connectivity index (χ0) is 27.1. The molecular formula is C30H36FN3O4. The van der Waals surface area contributed by atoms with Gasteiger partial charge in [0.25, 0.3) is 0 Å². The number of aromatic nitrogens is 2. The number of hydrogen-bond acceptors (Lipinski definition) is 5. The van der Waals surface area contributed by atoms with Crippen molar-refractivity contribution in [3.05, 3.63) is 82.5 Å². The molecule has 0 fully saturated rings. The van der Waals surface area contributed by atoms with Gasteiger partial charge in [-0.2, -0.15) is 0 Å². The molecule has 0 aliphatic heterocycles.